The summed E-state index contributed by atoms with van der Waals surface area (Å²) in [4.78, 5) is 4.09. The van der Waals surface area contributed by atoms with Gasteiger partial charge in [0.2, 0.25) is 15.9 Å². The molecule has 2 aliphatic heterocycles. The Kier molecular flexibility index (Phi) is 4.74. The van der Waals surface area contributed by atoms with Crippen LogP contribution in [0.5, 0.6) is 5.88 Å². The Morgan fingerprint density at radius 1 is 1.21 bits per heavy atom. The summed E-state index contributed by atoms with van der Waals surface area (Å²) >= 11 is 0. The van der Waals surface area contributed by atoms with E-state index in [2.05, 4.69) is 4.98 Å². The van der Waals surface area contributed by atoms with Crippen LogP contribution >= 0.6 is 0 Å². The molecule has 0 aliphatic carbocycles. The minimum atomic E-state index is -4.47. The molecule has 134 valence electrons. The van der Waals surface area contributed by atoms with Crippen LogP contribution in [-0.2, 0) is 10.0 Å². The van der Waals surface area contributed by atoms with Gasteiger partial charge < -0.3 is 4.74 Å². The summed E-state index contributed by atoms with van der Waals surface area (Å²) < 4.78 is 68.8. The highest BCUT2D eigenvalue weighted by atomic mass is 32.2. The van der Waals surface area contributed by atoms with Crippen molar-refractivity contribution in [3.05, 3.63) is 24.4 Å². The third-order valence-corrected chi connectivity index (χ3v) is 6.47. The number of nitrogens with zero attached hydrogens (tertiary/aromatic N) is 2. The fraction of sp³-hybridized carbons (Fsp3) is 0.667. The summed E-state index contributed by atoms with van der Waals surface area (Å²) in [6.45, 7) is 0. The highest BCUT2D eigenvalue weighted by Gasteiger charge is 2.48. The van der Waals surface area contributed by atoms with Gasteiger partial charge in [-0.1, -0.05) is 6.07 Å². The van der Waals surface area contributed by atoms with Crippen LogP contribution in [0.3, 0.4) is 0 Å². The number of ether oxygens (including phenoxy) is 1. The van der Waals surface area contributed by atoms with Crippen molar-refractivity contribution in [3.8, 4) is 5.88 Å². The van der Waals surface area contributed by atoms with Crippen molar-refractivity contribution < 1.29 is 26.3 Å². The largest absolute Gasteiger partial charge is 0.474 e. The number of alkyl halides is 3. The smallest absolute Gasteiger partial charge is 0.390 e. The zero-order valence-electron chi connectivity index (χ0n) is 12.9. The van der Waals surface area contributed by atoms with Gasteiger partial charge in [-0.3, -0.25) is 0 Å². The van der Waals surface area contributed by atoms with E-state index < -0.39 is 28.4 Å². The molecule has 9 heteroatoms. The van der Waals surface area contributed by atoms with Crippen molar-refractivity contribution in [2.24, 2.45) is 0 Å². The minimum Gasteiger partial charge on any atom is -0.474 e. The van der Waals surface area contributed by atoms with Crippen molar-refractivity contribution in [1.82, 2.24) is 9.29 Å². The topological polar surface area (TPSA) is 59.5 Å². The van der Waals surface area contributed by atoms with E-state index in [-0.39, 0.29) is 18.2 Å². The number of fused-ring (bicyclic) bond motifs is 2. The van der Waals surface area contributed by atoms with Gasteiger partial charge in [-0.05, 0) is 18.9 Å². The van der Waals surface area contributed by atoms with Crippen LogP contribution in [0.25, 0.3) is 0 Å². The Hall–Kier alpha value is -1.35. The lowest BCUT2D eigenvalue weighted by Gasteiger charge is -2.37. The Balaban J connectivity index is 1.65. The fourth-order valence-electron chi connectivity index (χ4n) is 3.57. The average Bonchev–Trinajstić information content (AvgIpc) is 2.79. The zero-order valence-corrected chi connectivity index (χ0v) is 13.8. The lowest BCUT2D eigenvalue weighted by molar-refractivity contribution is -0.130. The summed E-state index contributed by atoms with van der Waals surface area (Å²) in [7, 11) is -3.91. The predicted octanol–water partition coefficient (Wildman–Crippen LogP) is 2.74. The van der Waals surface area contributed by atoms with E-state index >= 15 is 0 Å². The van der Waals surface area contributed by atoms with Crippen LogP contribution in [0.15, 0.2) is 24.4 Å². The van der Waals surface area contributed by atoms with E-state index in [0.29, 0.717) is 31.6 Å². The molecule has 2 saturated heterocycles. The Bertz CT molecular complexity index is 652. The van der Waals surface area contributed by atoms with E-state index in [1.54, 1.807) is 24.4 Å². The summed E-state index contributed by atoms with van der Waals surface area (Å²) in [5.41, 5.74) is 0. The van der Waals surface area contributed by atoms with Gasteiger partial charge >= 0.3 is 6.18 Å². The molecular formula is C15H19F3N2O3S. The van der Waals surface area contributed by atoms with Crippen molar-refractivity contribution >= 4 is 10.0 Å². The molecule has 2 unspecified atom stereocenters. The third-order valence-electron chi connectivity index (χ3n) is 4.51. The van der Waals surface area contributed by atoms with Crippen LogP contribution in [0, 0.1) is 0 Å². The molecule has 2 aliphatic rings. The maximum absolute atomic E-state index is 12.4. The maximum atomic E-state index is 12.4. The molecule has 0 spiro atoms. The first kappa shape index (κ1) is 17.5. The van der Waals surface area contributed by atoms with Crippen LogP contribution < -0.4 is 4.74 Å². The molecular weight excluding hydrogens is 345 g/mol. The molecule has 0 aromatic carbocycles. The Morgan fingerprint density at radius 2 is 1.88 bits per heavy atom. The molecule has 0 radical (unpaired) electrons. The van der Waals surface area contributed by atoms with Gasteiger partial charge in [0.25, 0.3) is 0 Å². The molecule has 24 heavy (non-hydrogen) atoms. The molecule has 2 fully saturated rings. The molecule has 5 nitrogen and oxygen atoms in total. The maximum Gasteiger partial charge on any atom is 0.390 e. The number of aromatic nitrogens is 1. The number of hydrogen-bond donors (Lipinski definition) is 0. The minimum absolute atomic E-state index is 0.161. The number of pyridine rings is 1. The molecule has 0 saturated carbocycles. The summed E-state index contributed by atoms with van der Waals surface area (Å²) in [5, 5.41) is 0. The van der Waals surface area contributed by atoms with E-state index in [1.807, 2.05) is 0 Å². The molecule has 3 rings (SSSR count). The summed E-state index contributed by atoms with van der Waals surface area (Å²) in [6.07, 6.45) is -2.02. The van der Waals surface area contributed by atoms with Crippen molar-refractivity contribution in [2.75, 3.05) is 5.75 Å². The Labute approximate surface area is 138 Å². The van der Waals surface area contributed by atoms with E-state index in [0.717, 1.165) is 0 Å². The first-order valence-electron chi connectivity index (χ1n) is 7.90. The molecule has 3 heterocycles. The van der Waals surface area contributed by atoms with Gasteiger partial charge in [0.1, 0.15) is 6.10 Å². The molecule has 1 aromatic heterocycles. The van der Waals surface area contributed by atoms with E-state index in [4.69, 9.17) is 4.74 Å². The molecule has 0 amide bonds. The molecule has 0 N–H and O–H groups in total. The number of piperidine rings is 1. The van der Waals surface area contributed by atoms with Crippen LogP contribution in [-0.4, -0.2) is 47.8 Å². The molecule has 1 aromatic rings. The monoisotopic (exact) mass is 364 g/mol. The van der Waals surface area contributed by atoms with Gasteiger partial charge in [0.05, 0.1) is 12.2 Å². The second-order valence-corrected chi connectivity index (χ2v) is 8.27. The van der Waals surface area contributed by atoms with Gasteiger partial charge in [0.15, 0.2) is 0 Å². The van der Waals surface area contributed by atoms with Crippen molar-refractivity contribution in [1.29, 1.82) is 0 Å². The van der Waals surface area contributed by atoms with Gasteiger partial charge in [0, 0.05) is 37.2 Å². The lowest BCUT2D eigenvalue weighted by atomic mass is 10.0. The quantitative estimate of drug-likeness (QED) is 0.806. The third kappa shape index (κ3) is 4.00. The predicted molar refractivity (Wildman–Crippen MR) is 81.0 cm³/mol. The van der Waals surface area contributed by atoms with Crippen LogP contribution in [0.2, 0.25) is 0 Å². The number of halogens is 3. The standard InChI is InChI=1S/C15H19F3N2O3S/c16-15(17,18)6-8-24(21,22)20-11-4-5-12(20)10-13(9-11)23-14-3-1-2-7-19-14/h1-3,7,11-13H,4-6,8-10H2. The highest BCUT2D eigenvalue weighted by molar-refractivity contribution is 7.89. The Morgan fingerprint density at radius 3 is 2.42 bits per heavy atom. The number of hydrogen-bond acceptors (Lipinski definition) is 4. The number of rotatable bonds is 5. The van der Waals surface area contributed by atoms with Crippen LogP contribution in [0.4, 0.5) is 13.2 Å². The zero-order chi connectivity index (χ0) is 17.4. The molecule has 2 atom stereocenters. The number of sulfonamides is 1. The summed E-state index contributed by atoms with van der Waals surface area (Å²) in [5.74, 6) is -0.398. The van der Waals surface area contributed by atoms with Crippen molar-refractivity contribution in [2.45, 2.75) is 56.5 Å². The second-order valence-electron chi connectivity index (χ2n) is 6.28. The average molecular weight is 364 g/mol. The normalized spacial score (nSPS) is 28.0. The van der Waals surface area contributed by atoms with E-state index in [9.17, 15) is 21.6 Å². The molecule has 2 bridgehead atoms. The van der Waals surface area contributed by atoms with Gasteiger partial charge in [-0.25, -0.2) is 13.4 Å². The first-order valence-corrected chi connectivity index (χ1v) is 9.51. The van der Waals surface area contributed by atoms with Gasteiger partial charge in [-0.2, -0.15) is 17.5 Å². The SMILES string of the molecule is O=S(=O)(CCC(F)(F)F)N1C2CCC1CC(Oc1ccccn1)C2. The van der Waals surface area contributed by atoms with Crippen LogP contribution in [0.1, 0.15) is 32.1 Å². The first-order chi connectivity index (χ1) is 11.2. The second kappa shape index (κ2) is 6.51. The highest BCUT2D eigenvalue weighted by Crippen LogP contribution is 2.39. The van der Waals surface area contributed by atoms with E-state index in [1.165, 1.54) is 4.31 Å². The van der Waals surface area contributed by atoms with Crippen molar-refractivity contribution in [3.63, 3.8) is 0 Å². The lowest BCUT2D eigenvalue weighted by Crippen LogP contribution is -2.50. The van der Waals surface area contributed by atoms with Gasteiger partial charge in [-0.15, -0.1) is 0 Å². The summed E-state index contributed by atoms with van der Waals surface area (Å²) in [6, 6.07) is 4.74. The fourth-order valence-corrected chi connectivity index (χ4v) is 5.56.